The van der Waals surface area contributed by atoms with Crippen LogP contribution < -0.4 is 0 Å². The summed E-state index contributed by atoms with van der Waals surface area (Å²) in [6, 6.07) is 13.4. The van der Waals surface area contributed by atoms with Gasteiger partial charge in [0.25, 0.3) is 0 Å². The summed E-state index contributed by atoms with van der Waals surface area (Å²) in [5.41, 5.74) is 3.93. The molecule has 0 fully saturated rings. The molecule has 1 heterocycles. The van der Waals surface area contributed by atoms with Crippen molar-refractivity contribution in [3.05, 3.63) is 47.8 Å². The summed E-state index contributed by atoms with van der Waals surface area (Å²) in [4.78, 5) is 0. The maximum atomic E-state index is 4.07. The molecule has 1 radical (unpaired) electrons. The average molecular weight is 272 g/mol. The summed E-state index contributed by atoms with van der Waals surface area (Å²) in [6.07, 6.45) is 0. The topological polar surface area (TPSA) is 25.8 Å². The summed E-state index contributed by atoms with van der Waals surface area (Å²) in [6.45, 7) is 3.85. The molecule has 0 spiro atoms. The van der Waals surface area contributed by atoms with Gasteiger partial charge in [0, 0.05) is 38.4 Å². The fourth-order valence-corrected chi connectivity index (χ4v) is 1.38. The largest absolute Gasteiger partial charge is 0.223 e. The molecule has 0 saturated carbocycles. The van der Waals surface area contributed by atoms with E-state index in [9.17, 15) is 0 Å². The number of hydrogen-bond acceptors (Lipinski definition) is 2. The van der Waals surface area contributed by atoms with Gasteiger partial charge in [0.1, 0.15) is 0 Å². The van der Waals surface area contributed by atoms with Crippen LogP contribution >= 0.6 is 0 Å². The molecule has 1 aromatic heterocycles. The summed E-state index contributed by atoms with van der Waals surface area (Å²) in [5.74, 6) is 0. The number of benzene rings is 1. The van der Waals surface area contributed by atoms with Crippen molar-refractivity contribution in [1.29, 1.82) is 0 Å². The molecule has 15 heavy (non-hydrogen) atoms. The summed E-state index contributed by atoms with van der Waals surface area (Å²) in [7, 11) is 0. The van der Waals surface area contributed by atoms with E-state index in [-0.39, 0.29) is 32.7 Å². The second kappa shape index (κ2) is 5.48. The fraction of sp³-hybridized carbons (Fsp3) is 0.167. The van der Waals surface area contributed by atoms with Crippen molar-refractivity contribution < 1.29 is 32.7 Å². The van der Waals surface area contributed by atoms with Gasteiger partial charge < -0.3 is 0 Å². The minimum atomic E-state index is 0. The van der Waals surface area contributed by atoms with Crippen LogP contribution in [-0.4, -0.2) is 10.2 Å². The zero-order chi connectivity index (χ0) is 9.97. The van der Waals surface area contributed by atoms with Gasteiger partial charge in [0.2, 0.25) is 0 Å². The first-order chi connectivity index (χ1) is 6.77. The molecular weight excluding hydrogens is 261 g/mol. The Balaban J connectivity index is 0.00000112. The third-order valence-electron chi connectivity index (χ3n) is 2.08. The molecular formula is C12H11N2Y-. The second-order valence-electron chi connectivity index (χ2n) is 3.24. The summed E-state index contributed by atoms with van der Waals surface area (Å²) >= 11 is 0. The first-order valence-electron chi connectivity index (χ1n) is 4.56. The van der Waals surface area contributed by atoms with Gasteiger partial charge >= 0.3 is 0 Å². The van der Waals surface area contributed by atoms with E-state index >= 15 is 0 Å². The molecule has 0 aliphatic carbocycles. The maximum absolute atomic E-state index is 4.07. The van der Waals surface area contributed by atoms with Crippen molar-refractivity contribution >= 4 is 0 Å². The van der Waals surface area contributed by atoms with Crippen LogP contribution in [0.15, 0.2) is 30.3 Å². The molecule has 0 saturated heterocycles. The molecule has 1 aromatic carbocycles. The zero-order valence-corrected chi connectivity index (χ0v) is 11.7. The van der Waals surface area contributed by atoms with Gasteiger partial charge in [-0.05, 0) is 12.6 Å². The van der Waals surface area contributed by atoms with Crippen molar-refractivity contribution in [3.63, 3.8) is 0 Å². The molecule has 0 unspecified atom stereocenters. The van der Waals surface area contributed by atoms with Crippen molar-refractivity contribution in [2.24, 2.45) is 0 Å². The van der Waals surface area contributed by atoms with E-state index in [4.69, 9.17) is 0 Å². The van der Waals surface area contributed by atoms with Gasteiger partial charge in [0.05, 0.1) is 0 Å². The van der Waals surface area contributed by atoms with Crippen molar-refractivity contribution in [2.45, 2.75) is 13.8 Å². The van der Waals surface area contributed by atoms with Gasteiger partial charge in [-0.2, -0.15) is 10.7 Å². The van der Waals surface area contributed by atoms with Crippen LogP contribution in [0.3, 0.4) is 0 Å². The molecule has 0 amide bonds. The van der Waals surface area contributed by atoms with E-state index in [1.165, 1.54) is 0 Å². The molecule has 2 nitrogen and oxygen atoms in total. The molecule has 73 valence electrons. The van der Waals surface area contributed by atoms with Crippen LogP contribution in [0.1, 0.15) is 11.4 Å². The quantitative estimate of drug-likeness (QED) is 0.746. The Hall–Kier alpha value is -0.596. The fourth-order valence-electron chi connectivity index (χ4n) is 1.38. The second-order valence-corrected chi connectivity index (χ2v) is 3.24. The van der Waals surface area contributed by atoms with Crippen LogP contribution in [0.2, 0.25) is 0 Å². The number of hydrogen-bond donors (Lipinski definition) is 0. The van der Waals surface area contributed by atoms with E-state index < -0.39 is 0 Å². The van der Waals surface area contributed by atoms with Crippen LogP contribution in [-0.2, 0) is 32.7 Å². The number of rotatable bonds is 1. The molecule has 2 aromatic rings. The Kier molecular flexibility index (Phi) is 4.55. The van der Waals surface area contributed by atoms with Crippen LogP contribution in [0.4, 0.5) is 0 Å². The molecule has 3 heteroatoms. The molecule has 0 atom stereocenters. The monoisotopic (exact) mass is 272 g/mol. The smallest absolute Gasteiger partial charge is 0.000565 e. The molecule has 0 N–H and O–H groups in total. The van der Waals surface area contributed by atoms with Gasteiger partial charge in [0.15, 0.2) is 0 Å². The number of aryl methyl sites for hydroxylation is 2. The Morgan fingerprint density at radius 2 is 1.67 bits per heavy atom. The van der Waals surface area contributed by atoms with Crippen molar-refractivity contribution in [2.75, 3.05) is 0 Å². The predicted molar refractivity (Wildman–Crippen MR) is 55.8 cm³/mol. The van der Waals surface area contributed by atoms with E-state index in [1.807, 2.05) is 32.0 Å². The molecule has 0 aliphatic rings. The minimum absolute atomic E-state index is 0. The Morgan fingerprint density at radius 1 is 1.00 bits per heavy atom. The molecule has 0 bridgehead atoms. The molecule has 0 aliphatic heterocycles. The van der Waals surface area contributed by atoms with Gasteiger partial charge in [-0.1, -0.05) is 25.1 Å². The van der Waals surface area contributed by atoms with Crippen LogP contribution in [0.25, 0.3) is 11.1 Å². The van der Waals surface area contributed by atoms with Crippen molar-refractivity contribution in [1.82, 2.24) is 10.2 Å². The predicted octanol–water partition coefficient (Wildman–Crippen LogP) is 2.56. The minimum Gasteiger partial charge on any atom is -0.223 e. The maximum Gasteiger partial charge on any atom is 0.000565 e. The third kappa shape index (κ3) is 2.93. The van der Waals surface area contributed by atoms with Crippen LogP contribution in [0, 0.1) is 19.9 Å². The standard InChI is InChI=1S/C12H11N2.Y/c1-9-8-12(10(2)14-13-9)11-6-4-3-5-7-11;/h3-7H,1-2H3;/q-1;. The van der Waals surface area contributed by atoms with Gasteiger partial charge in [-0.3, -0.25) is 0 Å². The Bertz CT molecular complexity index is 441. The summed E-state index contributed by atoms with van der Waals surface area (Å²) in [5, 5.41) is 8.03. The number of nitrogens with zero attached hydrogens (tertiary/aromatic N) is 2. The third-order valence-corrected chi connectivity index (χ3v) is 2.08. The van der Waals surface area contributed by atoms with E-state index in [1.54, 1.807) is 0 Å². The normalized spacial score (nSPS) is 9.47. The van der Waals surface area contributed by atoms with Crippen LogP contribution in [0.5, 0.6) is 0 Å². The summed E-state index contributed by atoms with van der Waals surface area (Å²) < 4.78 is 0. The van der Waals surface area contributed by atoms with E-state index in [2.05, 4.69) is 28.4 Å². The van der Waals surface area contributed by atoms with Gasteiger partial charge in [-0.25, -0.2) is 5.10 Å². The average Bonchev–Trinajstić information content (AvgIpc) is 2.23. The van der Waals surface area contributed by atoms with E-state index in [0.29, 0.717) is 0 Å². The van der Waals surface area contributed by atoms with E-state index in [0.717, 1.165) is 22.5 Å². The SMILES string of the molecule is Cc1[c-]c(-c2ccccc2)c(C)nn1.[Y]. The number of aromatic nitrogens is 2. The molecule has 2 rings (SSSR count). The Morgan fingerprint density at radius 3 is 2.33 bits per heavy atom. The first-order valence-corrected chi connectivity index (χ1v) is 4.56. The first kappa shape index (κ1) is 12.5. The Labute approximate surface area is 115 Å². The van der Waals surface area contributed by atoms with Crippen molar-refractivity contribution in [3.8, 4) is 11.1 Å². The zero-order valence-electron chi connectivity index (χ0n) is 8.86. The van der Waals surface area contributed by atoms with Gasteiger partial charge in [-0.15, -0.1) is 23.8 Å².